The van der Waals surface area contributed by atoms with E-state index in [1.54, 1.807) is 0 Å². The number of carbonyl (C=O) groups excluding carboxylic acids is 1. The molecule has 0 spiro atoms. The largest absolute Gasteiger partial charge is 0.508 e. The summed E-state index contributed by atoms with van der Waals surface area (Å²) in [5.74, 6) is 0. The fourth-order valence-electron chi connectivity index (χ4n) is 0.849. The van der Waals surface area contributed by atoms with Crippen LogP contribution in [-0.2, 0) is 9.47 Å². The van der Waals surface area contributed by atoms with Gasteiger partial charge in [0.2, 0.25) is 0 Å². The SMILES string of the molecule is CCCOC(=O)O[C@@H](C)CCC. The van der Waals surface area contributed by atoms with Gasteiger partial charge >= 0.3 is 6.16 Å². The molecule has 0 radical (unpaired) electrons. The summed E-state index contributed by atoms with van der Waals surface area (Å²) in [7, 11) is 0. The minimum Gasteiger partial charge on any atom is -0.434 e. The number of hydrogen-bond acceptors (Lipinski definition) is 3. The Bertz CT molecular complexity index is 123. The molecule has 0 bridgehead atoms. The lowest BCUT2D eigenvalue weighted by Gasteiger charge is -2.11. The van der Waals surface area contributed by atoms with Crippen molar-refractivity contribution in [3.63, 3.8) is 0 Å². The lowest BCUT2D eigenvalue weighted by molar-refractivity contribution is 0.0266. The maximum Gasteiger partial charge on any atom is 0.508 e. The van der Waals surface area contributed by atoms with E-state index in [2.05, 4.69) is 6.92 Å². The molecule has 3 heteroatoms. The molecule has 0 aliphatic heterocycles. The molecule has 72 valence electrons. The van der Waals surface area contributed by atoms with Crippen molar-refractivity contribution in [1.82, 2.24) is 0 Å². The highest BCUT2D eigenvalue weighted by Gasteiger charge is 2.08. The topological polar surface area (TPSA) is 35.5 Å². The highest BCUT2D eigenvalue weighted by atomic mass is 16.7. The molecule has 0 unspecified atom stereocenters. The summed E-state index contributed by atoms with van der Waals surface area (Å²) in [6.45, 7) is 6.31. The number of ether oxygens (including phenoxy) is 2. The first kappa shape index (κ1) is 11.3. The van der Waals surface area contributed by atoms with E-state index in [9.17, 15) is 4.79 Å². The van der Waals surface area contributed by atoms with Crippen LogP contribution in [0.15, 0.2) is 0 Å². The van der Waals surface area contributed by atoms with Crippen molar-refractivity contribution in [3.05, 3.63) is 0 Å². The lowest BCUT2D eigenvalue weighted by Crippen LogP contribution is -2.16. The van der Waals surface area contributed by atoms with E-state index in [1.807, 2.05) is 13.8 Å². The molecule has 1 atom stereocenters. The fraction of sp³-hybridized carbons (Fsp3) is 0.889. The minimum absolute atomic E-state index is 0.0284. The average Bonchev–Trinajstić information content (AvgIpc) is 2.01. The van der Waals surface area contributed by atoms with Gasteiger partial charge in [-0.25, -0.2) is 4.79 Å². The third kappa shape index (κ3) is 6.01. The molecule has 0 heterocycles. The monoisotopic (exact) mass is 174 g/mol. The predicted molar refractivity (Wildman–Crippen MR) is 47.1 cm³/mol. The van der Waals surface area contributed by atoms with E-state index < -0.39 is 6.16 Å². The first-order valence-electron chi connectivity index (χ1n) is 4.54. The smallest absolute Gasteiger partial charge is 0.434 e. The van der Waals surface area contributed by atoms with Gasteiger partial charge in [-0.1, -0.05) is 20.3 Å². The van der Waals surface area contributed by atoms with Crippen LogP contribution in [0.5, 0.6) is 0 Å². The third-order valence-corrected chi connectivity index (χ3v) is 1.42. The molecule has 0 saturated carbocycles. The van der Waals surface area contributed by atoms with Crippen molar-refractivity contribution in [2.45, 2.75) is 46.1 Å². The number of carbonyl (C=O) groups is 1. The van der Waals surface area contributed by atoms with Gasteiger partial charge in [0.05, 0.1) is 6.61 Å². The van der Waals surface area contributed by atoms with Crippen molar-refractivity contribution >= 4 is 6.16 Å². The van der Waals surface area contributed by atoms with Crippen LogP contribution in [0.3, 0.4) is 0 Å². The van der Waals surface area contributed by atoms with Crippen molar-refractivity contribution < 1.29 is 14.3 Å². The summed E-state index contributed by atoms with van der Waals surface area (Å²) in [6, 6.07) is 0. The van der Waals surface area contributed by atoms with E-state index in [1.165, 1.54) is 0 Å². The van der Waals surface area contributed by atoms with E-state index in [4.69, 9.17) is 9.47 Å². The normalized spacial score (nSPS) is 12.2. The van der Waals surface area contributed by atoms with Gasteiger partial charge in [-0.15, -0.1) is 0 Å². The molecule has 0 aromatic heterocycles. The summed E-state index contributed by atoms with van der Waals surface area (Å²) in [5.41, 5.74) is 0. The van der Waals surface area contributed by atoms with Crippen LogP contribution in [0.1, 0.15) is 40.0 Å². The molecular formula is C9H18O3. The Labute approximate surface area is 74.0 Å². The molecule has 0 amide bonds. The lowest BCUT2D eigenvalue weighted by atomic mass is 10.2. The molecule has 0 N–H and O–H groups in total. The van der Waals surface area contributed by atoms with Gasteiger partial charge in [0, 0.05) is 0 Å². The maximum absolute atomic E-state index is 10.8. The zero-order valence-electron chi connectivity index (χ0n) is 8.13. The molecule has 3 nitrogen and oxygen atoms in total. The first-order chi connectivity index (χ1) is 5.70. The summed E-state index contributed by atoms with van der Waals surface area (Å²) >= 11 is 0. The van der Waals surface area contributed by atoms with Crippen LogP contribution in [0, 0.1) is 0 Å². The molecule has 0 aromatic rings. The molecule has 0 aliphatic rings. The second-order valence-corrected chi connectivity index (χ2v) is 2.82. The Morgan fingerprint density at radius 3 is 2.50 bits per heavy atom. The second kappa shape index (κ2) is 6.95. The van der Waals surface area contributed by atoms with Crippen molar-refractivity contribution in [1.29, 1.82) is 0 Å². The maximum atomic E-state index is 10.8. The van der Waals surface area contributed by atoms with Crippen LogP contribution in [0.25, 0.3) is 0 Å². The Kier molecular flexibility index (Phi) is 6.53. The predicted octanol–water partition coefficient (Wildman–Crippen LogP) is 2.74. The van der Waals surface area contributed by atoms with Gasteiger partial charge in [0.25, 0.3) is 0 Å². The van der Waals surface area contributed by atoms with Crippen LogP contribution >= 0.6 is 0 Å². The van der Waals surface area contributed by atoms with Crippen molar-refractivity contribution in [2.24, 2.45) is 0 Å². The standard InChI is InChI=1S/C9H18O3/c1-4-6-8(3)12-9(10)11-7-5-2/h8H,4-7H2,1-3H3/t8-/m0/s1. The third-order valence-electron chi connectivity index (χ3n) is 1.42. The molecule has 0 saturated heterocycles. The zero-order valence-corrected chi connectivity index (χ0v) is 8.13. The fourth-order valence-corrected chi connectivity index (χ4v) is 0.849. The van der Waals surface area contributed by atoms with Crippen LogP contribution in [0.2, 0.25) is 0 Å². The van der Waals surface area contributed by atoms with Crippen LogP contribution < -0.4 is 0 Å². The van der Waals surface area contributed by atoms with Crippen LogP contribution in [0.4, 0.5) is 4.79 Å². The number of rotatable bonds is 5. The van der Waals surface area contributed by atoms with Gasteiger partial charge in [-0.3, -0.25) is 0 Å². The Balaban J connectivity index is 3.40. The van der Waals surface area contributed by atoms with E-state index in [0.717, 1.165) is 19.3 Å². The molecule has 0 rings (SSSR count). The van der Waals surface area contributed by atoms with E-state index in [-0.39, 0.29) is 6.10 Å². The first-order valence-corrected chi connectivity index (χ1v) is 4.54. The molecule has 0 fully saturated rings. The summed E-state index contributed by atoms with van der Waals surface area (Å²) in [6.07, 6.45) is 2.16. The average molecular weight is 174 g/mol. The Morgan fingerprint density at radius 1 is 1.33 bits per heavy atom. The molecule has 0 aromatic carbocycles. The van der Waals surface area contributed by atoms with Gasteiger partial charge in [-0.05, 0) is 19.8 Å². The van der Waals surface area contributed by atoms with Crippen molar-refractivity contribution in [2.75, 3.05) is 6.61 Å². The molecule has 0 aliphatic carbocycles. The van der Waals surface area contributed by atoms with Gasteiger partial charge < -0.3 is 9.47 Å². The summed E-state index contributed by atoms with van der Waals surface area (Å²) < 4.78 is 9.68. The molecular weight excluding hydrogens is 156 g/mol. The number of hydrogen-bond donors (Lipinski definition) is 0. The zero-order chi connectivity index (χ0) is 9.40. The second-order valence-electron chi connectivity index (χ2n) is 2.82. The minimum atomic E-state index is -0.544. The van der Waals surface area contributed by atoms with Crippen molar-refractivity contribution in [3.8, 4) is 0 Å². The van der Waals surface area contributed by atoms with Gasteiger partial charge in [-0.2, -0.15) is 0 Å². The van der Waals surface area contributed by atoms with Gasteiger partial charge in [0.1, 0.15) is 6.10 Å². The summed E-state index contributed by atoms with van der Waals surface area (Å²) in [5, 5.41) is 0. The Hall–Kier alpha value is -0.730. The highest BCUT2D eigenvalue weighted by Crippen LogP contribution is 2.02. The Morgan fingerprint density at radius 2 is 2.00 bits per heavy atom. The summed E-state index contributed by atoms with van der Waals surface area (Å²) in [4.78, 5) is 10.8. The van der Waals surface area contributed by atoms with E-state index >= 15 is 0 Å². The highest BCUT2D eigenvalue weighted by molar-refractivity contribution is 5.59. The molecule has 12 heavy (non-hydrogen) atoms. The van der Waals surface area contributed by atoms with Crippen LogP contribution in [-0.4, -0.2) is 18.9 Å². The van der Waals surface area contributed by atoms with E-state index in [0.29, 0.717) is 6.61 Å². The quantitative estimate of drug-likeness (QED) is 0.601. The van der Waals surface area contributed by atoms with Gasteiger partial charge in [0.15, 0.2) is 0 Å².